The number of nitrogens with one attached hydrogen (secondary N) is 1. The fourth-order valence-electron chi connectivity index (χ4n) is 1.79. The van der Waals surface area contributed by atoms with Crippen LogP contribution in [0.15, 0.2) is 0 Å². The van der Waals surface area contributed by atoms with Gasteiger partial charge < -0.3 is 11.1 Å². The molecule has 0 aromatic carbocycles. The summed E-state index contributed by atoms with van der Waals surface area (Å²) in [7, 11) is 0. The highest BCUT2D eigenvalue weighted by Crippen LogP contribution is 2.62. The highest BCUT2D eigenvalue weighted by atomic mass is 35.5. The largest absolute Gasteiger partial charge is 0.330 e. The first-order valence-electron chi connectivity index (χ1n) is 3.32. The van der Waals surface area contributed by atoms with Crippen molar-refractivity contribution >= 4 is 11.6 Å². The SMILES string of the molecule is NCC12CNCC1(Cl)C2. The average molecular weight is 147 g/mol. The molecule has 1 aliphatic heterocycles. The first-order valence-corrected chi connectivity index (χ1v) is 3.70. The smallest absolute Gasteiger partial charge is 0.0658 e. The lowest BCUT2D eigenvalue weighted by Crippen LogP contribution is -2.24. The summed E-state index contributed by atoms with van der Waals surface area (Å²) in [4.78, 5) is 0.0434. The summed E-state index contributed by atoms with van der Waals surface area (Å²) in [5, 5.41) is 3.24. The number of alkyl halides is 1. The number of hydrogen-bond donors (Lipinski definition) is 2. The number of nitrogens with two attached hydrogens (primary N) is 1. The normalized spacial score (nSPS) is 55.3. The molecule has 1 saturated carbocycles. The van der Waals surface area contributed by atoms with Gasteiger partial charge in [0.25, 0.3) is 0 Å². The van der Waals surface area contributed by atoms with E-state index in [-0.39, 0.29) is 10.3 Å². The molecule has 0 radical (unpaired) electrons. The van der Waals surface area contributed by atoms with Crippen LogP contribution in [-0.4, -0.2) is 24.5 Å². The number of piperidine rings is 1. The highest BCUT2D eigenvalue weighted by Gasteiger charge is 2.68. The van der Waals surface area contributed by atoms with Crippen LogP contribution in [0.5, 0.6) is 0 Å². The van der Waals surface area contributed by atoms with E-state index < -0.39 is 0 Å². The predicted octanol–water partition coefficient (Wildman–Crippen LogP) is -0.0840. The molecule has 0 aromatic heterocycles. The monoisotopic (exact) mass is 146 g/mol. The molecule has 2 unspecified atom stereocenters. The maximum atomic E-state index is 6.16. The molecule has 1 aliphatic carbocycles. The van der Waals surface area contributed by atoms with E-state index in [1.54, 1.807) is 0 Å². The minimum atomic E-state index is 0.0434. The molecule has 52 valence electrons. The fraction of sp³-hybridized carbons (Fsp3) is 1.00. The Bertz CT molecular complexity index is 146. The van der Waals surface area contributed by atoms with Gasteiger partial charge in [0, 0.05) is 25.0 Å². The van der Waals surface area contributed by atoms with Gasteiger partial charge in [-0.1, -0.05) is 0 Å². The van der Waals surface area contributed by atoms with Crippen molar-refractivity contribution in [3.05, 3.63) is 0 Å². The van der Waals surface area contributed by atoms with Crippen LogP contribution in [0.25, 0.3) is 0 Å². The van der Waals surface area contributed by atoms with Gasteiger partial charge in [-0.2, -0.15) is 0 Å². The van der Waals surface area contributed by atoms with Crippen LogP contribution in [-0.2, 0) is 0 Å². The Morgan fingerprint density at radius 1 is 1.56 bits per heavy atom. The summed E-state index contributed by atoms with van der Waals surface area (Å²) >= 11 is 6.16. The Kier molecular flexibility index (Phi) is 0.953. The summed E-state index contributed by atoms with van der Waals surface area (Å²) in [6, 6.07) is 0. The van der Waals surface area contributed by atoms with Gasteiger partial charge in [-0.15, -0.1) is 11.6 Å². The third kappa shape index (κ3) is 0.540. The van der Waals surface area contributed by atoms with Gasteiger partial charge in [-0.25, -0.2) is 0 Å². The van der Waals surface area contributed by atoms with E-state index in [1.807, 2.05) is 0 Å². The Hall–Kier alpha value is 0.210. The minimum Gasteiger partial charge on any atom is -0.330 e. The van der Waals surface area contributed by atoms with E-state index in [0.29, 0.717) is 0 Å². The van der Waals surface area contributed by atoms with E-state index in [1.165, 1.54) is 0 Å². The maximum Gasteiger partial charge on any atom is 0.0658 e. The third-order valence-corrected chi connectivity index (χ3v) is 3.37. The lowest BCUT2D eigenvalue weighted by Gasteiger charge is -2.06. The Morgan fingerprint density at radius 2 is 2.33 bits per heavy atom. The number of hydrogen-bond acceptors (Lipinski definition) is 2. The zero-order chi connectivity index (χ0) is 6.54. The van der Waals surface area contributed by atoms with Crippen LogP contribution in [0.2, 0.25) is 0 Å². The lowest BCUT2D eigenvalue weighted by atomic mass is 10.1. The summed E-state index contributed by atoms with van der Waals surface area (Å²) in [5.74, 6) is 0. The van der Waals surface area contributed by atoms with Crippen molar-refractivity contribution in [1.29, 1.82) is 0 Å². The van der Waals surface area contributed by atoms with Gasteiger partial charge in [0.1, 0.15) is 0 Å². The first kappa shape index (κ1) is 5.96. The lowest BCUT2D eigenvalue weighted by molar-refractivity contribution is 0.533. The number of fused-ring (bicyclic) bond motifs is 1. The molecule has 0 aromatic rings. The van der Waals surface area contributed by atoms with E-state index >= 15 is 0 Å². The van der Waals surface area contributed by atoms with Crippen LogP contribution in [0.1, 0.15) is 6.42 Å². The van der Waals surface area contributed by atoms with E-state index in [2.05, 4.69) is 5.32 Å². The molecule has 0 amide bonds. The molecule has 0 bridgehead atoms. The van der Waals surface area contributed by atoms with Gasteiger partial charge in [0.05, 0.1) is 4.87 Å². The fourth-order valence-corrected chi connectivity index (χ4v) is 2.28. The van der Waals surface area contributed by atoms with Crippen LogP contribution in [0.3, 0.4) is 0 Å². The van der Waals surface area contributed by atoms with Gasteiger partial charge in [0.2, 0.25) is 0 Å². The third-order valence-electron chi connectivity index (χ3n) is 2.70. The zero-order valence-electron chi connectivity index (χ0n) is 5.28. The summed E-state index contributed by atoms with van der Waals surface area (Å²) in [6.45, 7) is 2.71. The summed E-state index contributed by atoms with van der Waals surface area (Å²) in [6.07, 6.45) is 1.12. The minimum absolute atomic E-state index is 0.0434. The molecular weight excluding hydrogens is 136 g/mol. The second-order valence-electron chi connectivity index (χ2n) is 3.23. The quantitative estimate of drug-likeness (QED) is 0.508. The molecule has 0 spiro atoms. The topological polar surface area (TPSA) is 38.0 Å². The molecule has 9 heavy (non-hydrogen) atoms. The molecule has 3 N–H and O–H groups in total. The van der Waals surface area contributed by atoms with Crippen LogP contribution in [0.4, 0.5) is 0 Å². The maximum absolute atomic E-state index is 6.16. The van der Waals surface area contributed by atoms with E-state index in [0.717, 1.165) is 26.1 Å². The molecule has 2 aliphatic rings. The highest BCUT2D eigenvalue weighted by molar-refractivity contribution is 6.27. The van der Waals surface area contributed by atoms with Crippen LogP contribution >= 0.6 is 11.6 Å². The standard InChI is InChI=1S/C6H11ClN2/c7-6-1-5(6,2-8)3-9-4-6/h9H,1-4,8H2. The summed E-state index contributed by atoms with van der Waals surface area (Å²) in [5.41, 5.74) is 5.84. The van der Waals surface area contributed by atoms with Crippen molar-refractivity contribution in [2.45, 2.75) is 11.3 Å². The molecule has 2 nitrogen and oxygen atoms in total. The van der Waals surface area contributed by atoms with Crippen molar-refractivity contribution in [2.75, 3.05) is 19.6 Å². The summed E-state index contributed by atoms with van der Waals surface area (Å²) < 4.78 is 0. The van der Waals surface area contributed by atoms with E-state index in [4.69, 9.17) is 17.3 Å². The number of rotatable bonds is 1. The molecule has 2 rings (SSSR count). The average Bonchev–Trinajstić information content (AvgIpc) is 2.29. The molecule has 3 heteroatoms. The van der Waals surface area contributed by atoms with Crippen molar-refractivity contribution in [3.63, 3.8) is 0 Å². The molecule has 1 heterocycles. The molecule has 2 atom stereocenters. The zero-order valence-corrected chi connectivity index (χ0v) is 6.04. The van der Waals surface area contributed by atoms with Gasteiger partial charge >= 0.3 is 0 Å². The number of halogens is 1. The van der Waals surface area contributed by atoms with Crippen LogP contribution in [0, 0.1) is 5.41 Å². The van der Waals surface area contributed by atoms with Gasteiger partial charge in [0.15, 0.2) is 0 Å². The van der Waals surface area contributed by atoms with E-state index in [9.17, 15) is 0 Å². The van der Waals surface area contributed by atoms with Crippen LogP contribution < -0.4 is 11.1 Å². The van der Waals surface area contributed by atoms with Crippen molar-refractivity contribution in [2.24, 2.45) is 11.1 Å². The Labute approximate surface area is 59.7 Å². The molecule has 1 saturated heterocycles. The van der Waals surface area contributed by atoms with Gasteiger partial charge in [-0.3, -0.25) is 0 Å². The first-order chi connectivity index (χ1) is 4.22. The second-order valence-corrected chi connectivity index (χ2v) is 3.95. The molecule has 2 fully saturated rings. The van der Waals surface area contributed by atoms with Crippen molar-refractivity contribution < 1.29 is 0 Å². The molecular formula is C6H11ClN2. The Morgan fingerprint density at radius 3 is 2.56 bits per heavy atom. The predicted molar refractivity (Wildman–Crippen MR) is 37.6 cm³/mol. The second kappa shape index (κ2) is 1.44. The Balaban J connectivity index is 2.19. The van der Waals surface area contributed by atoms with Crippen molar-refractivity contribution in [3.8, 4) is 0 Å². The van der Waals surface area contributed by atoms with Crippen molar-refractivity contribution in [1.82, 2.24) is 5.32 Å². The van der Waals surface area contributed by atoms with Gasteiger partial charge in [-0.05, 0) is 6.42 Å².